The minimum Gasteiger partial charge on any atom is -0.388 e. The summed E-state index contributed by atoms with van der Waals surface area (Å²) in [5, 5.41) is 12.1. The van der Waals surface area contributed by atoms with Crippen LogP contribution >= 0.6 is 0 Å². The van der Waals surface area contributed by atoms with Gasteiger partial charge in [0.1, 0.15) is 0 Å². The quantitative estimate of drug-likeness (QED) is 0.867. The zero-order valence-electron chi connectivity index (χ0n) is 10.4. The molecule has 1 amide bonds. The summed E-state index contributed by atoms with van der Waals surface area (Å²) in [6.45, 7) is 2.00. The topological polar surface area (TPSA) is 63.3 Å². The summed E-state index contributed by atoms with van der Waals surface area (Å²) in [6, 6.07) is 11.3. The minimum atomic E-state index is -0.649. The van der Waals surface area contributed by atoms with Gasteiger partial charge < -0.3 is 10.8 Å². The molecule has 2 rings (SSSR count). The molecule has 0 aliphatic carbocycles. The number of rotatable bonds is 4. The van der Waals surface area contributed by atoms with E-state index in [-0.39, 0.29) is 0 Å². The molecule has 0 bridgehead atoms. The van der Waals surface area contributed by atoms with Crippen LogP contribution in [0.4, 0.5) is 0 Å². The van der Waals surface area contributed by atoms with Crippen LogP contribution in [0.25, 0.3) is 10.8 Å². The molecule has 0 saturated carbocycles. The average Bonchev–Trinajstić information content (AvgIpc) is 2.37. The Balaban J connectivity index is 2.70. The van der Waals surface area contributed by atoms with Crippen molar-refractivity contribution < 1.29 is 9.90 Å². The number of primary amides is 1. The van der Waals surface area contributed by atoms with Gasteiger partial charge in [0.05, 0.1) is 6.10 Å². The lowest BCUT2D eigenvalue weighted by atomic mass is 9.92. The smallest absolute Gasteiger partial charge is 0.249 e. The van der Waals surface area contributed by atoms with E-state index in [4.69, 9.17) is 5.73 Å². The maximum Gasteiger partial charge on any atom is 0.249 e. The van der Waals surface area contributed by atoms with Gasteiger partial charge in [0.25, 0.3) is 0 Å². The zero-order valence-corrected chi connectivity index (χ0v) is 10.4. The van der Waals surface area contributed by atoms with Crippen molar-refractivity contribution >= 4 is 16.7 Å². The molecule has 3 nitrogen and oxygen atoms in total. The standard InChI is InChI=1S/C15H17NO2/c1-2-5-13(17)14-11-7-4-3-6-10(11)8-9-12(14)15(16)18/h3-4,6-9,13,17H,2,5H2,1H3,(H2,16,18). The lowest BCUT2D eigenvalue weighted by Crippen LogP contribution is -2.16. The van der Waals surface area contributed by atoms with E-state index in [2.05, 4.69) is 0 Å². The molecule has 0 saturated heterocycles. The Morgan fingerprint density at radius 2 is 2.00 bits per heavy atom. The first-order valence-corrected chi connectivity index (χ1v) is 6.14. The van der Waals surface area contributed by atoms with Crippen molar-refractivity contribution in [2.24, 2.45) is 5.73 Å². The van der Waals surface area contributed by atoms with Crippen molar-refractivity contribution in [1.29, 1.82) is 0 Å². The molecule has 0 fully saturated rings. The summed E-state index contributed by atoms with van der Waals surface area (Å²) in [5.74, 6) is -0.495. The molecule has 0 aromatic heterocycles. The van der Waals surface area contributed by atoms with Crippen LogP contribution in [0.3, 0.4) is 0 Å². The van der Waals surface area contributed by atoms with Crippen molar-refractivity contribution in [3.63, 3.8) is 0 Å². The summed E-state index contributed by atoms with van der Waals surface area (Å²) in [5.41, 5.74) is 6.46. The van der Waals surface area contributed by atoms with E-state index in [1.807, 2.05) is 37.3 Å². The van der Waals surface area contributed by atoms with Gasteiger partial charge in [-0.1, -0.05) is 43.7 Å². The van der Waals surface area contributed by atoms with Crippen LogP contribution in [0.1, 0.15) is 41.8 Å². The van der Waals surface area contributed by atoms with Crippen LogP contribution in [-0.2, 0) is 0 Å². The highest BCUT2D eigenvalue weighted by Gasteiger charge is 2.18. The molecule has 94 valence electrons. The number of carbonyl (C=O) groups excluding carboxylic acids is 1. The Labute approximate surface area is 106 Å². The van der Waals surface area contributed by atoms with Crippen LogP contribution in [0.2, 0.25) is 0 Å². The SMILES string of the molecule is CCCC(O)c1c(C(N)=O)ccc2ccccc12. The van der Waals surface area contributed by atoms with Crippen molar-refractivity contribution in [3.05, 3.63) is 47.5 Å². The van der Waals surface area contributed by atoms with Gasteiger partial charge in [-0.2, -0.15) is 0 Å². The van der Waals surface area contributed by atoms with E-state index in [0.29, 0.717) is 17.5 Å². The molecule has 18 heavy (non-hydrogen) atoms. The van der Waals surface area contributed by atoms with Crippen LogP contribution < -0.4 is 5.73 Å². The summed E-state index contributed by atoms with van der Waals surface area (Å²) >= 11 is 0. The Bertz CT molecular complexity index is 578. The Hall–Kier alpha value is -1.87. The number of aliphatic hydroxyl groups excluding tert-OH is 1. The summed E-state index contributed by atoms with van der Waals surface area (Å²) in [7, 11) is 0. The highest BCUT2D eigenvalue weighted by molar-refractivity contribution is 6.00. The van der Waals surface area contributed by atoms with Crippen LogP contribution in [0, 0.1) is 0 Å². The molecule has 1 atom stereocenters. The highest BCUT2D eigenvalue weighted by atomic mass is 16.3. The fourth-order valence-electron chi connectivity index (χ4n) is 2.29. The molecular weight excluding hydrogens is 226 g/mol. The Morgan fingerprint density at radius 1 is 1.28 bits per heavy atom. The largest absolute Gasteiger partial charge is 0.388 e. The predicted molar refractivity (Wildman–Crippen MR) is 72.3 cm³/mol. The van der Waals surface area contributed by atoms with Crippen molar-refractivity contribution in [1.82, 2.24) is 0 Å². The normalized spacial score (nSPS) is 12.6. The van der Waals surface area contributed by atoms with Gasteiger partial charge >= 0.3 is 0 Å². The highest BCUT2D eigenvalue weighted by Crippen LogP contribution is 2.30. The summed E-state index contributed by atoms with van der Waals surface area (Å²) in [4.78, 5) is 11.5. The number of carbonyl (C=O) groups is 1. The lowest BCUT2D eigenvalue weighted by Gasteiger charge is -2.16. The van der Waals surface area contributed by atoms with E-state index in [1.165, 1.54) is 0 Å². The third-order valence-corrected chi connectivity index (χ3v) is 3.13. The van der Waals surface area contributed by atoms with Crippen LogP contribution in [0.5, 0.6) is 0 Å². The number of fused-ring (bicyclic) bond motifs is 1. The lowest BCUT2D eigenvalue weighted by molar-refractivity contribution is 0.0991. The number of amides is 1. The molecule has 2 aromatic carbocycles. The number of benzene rings is 2. The number of aliphatic hydroxyl groups is 1. The first-order chi connectivity index (χ1) is 8.65. The maximum absolute atomic E-state index is 11.5. The maximum atomic E-state index is 11.5. The third kappa shape index (κ3) is 2.22. The van der Waals surface area contributed by atoms with E-state index >= 15 is 0 Å². The van der Waals surface area contributed by atoms with Crippen molar-refractivity contribution in [3.8, 4) is 0 Å². The van der Waals surface area contributed by atoms with Gasteiger partial charge in [-0.3, -0.25) is 4.79 Å². The first-order valence-electron chi connectivity index (χ1n) is 6.14. The van der Waals surface area contributed by atoms with Crippen molar-refractivity contribution in [2.45, 2.75) is 25.9 Å². The molecule has 0 heterocycles. The van der Waals surface area contributed by atoms with E-state index in [9.17, 15) is 9.90 Å². The molecule has 0 aliphatic heterocycles. The molecule has 3 N–H and O–H groups in total. The Morgan fingerprint density at radius 3 is 2.67 bits per heavy atom. The van der Waals surface area contributed by atoms with Crippen molar-refractivity contribution in [2.75, 3.05) is 0 Å². The predicted octanol–water partition coefficient (Wildman–Crippen LogP) is 2.77. The second-order valence-electron chi connectivity index (χ2n) is 4.42. The fourth-order valence-corrected chi connectivity index (χ4v) is 2.29. The van der Waals surface area contributed by atoms with Gasteiger partial charge in [0, 0.05) is 11.1 Å². The molecule has 3 heteroatoms. The van der Waals surface area contributed by atoms with Gasteiger partial charge in [-0.25, -0.2) is 0 Å². The second-order valence-corrected chi connectivity index (χ2v) is 4.42. The van der Waals surface area contributed by atoms with Gasteiger partial charge in [-0.05, 0) is 23.3 Å². The van der Waals surface area contributed by atoms with E-state index in [1.54, 1.807) is 6.07 Å². The van der Waals surface area contributed by atoms with E-state index in [0.717, 1.165) is 17.2 Å². The minimum absolute atomic E-state index is 0.412. The third-order valence-electron chi connectivity index (χ3n) is 3.13. The molecule has 1 unspecified atom stereocenters. The number of nitrogens with two attached hydrogens (primary N) is 1. The zero-order chi connectivity index (χ0) is 13.1. The second kappa shape index (κ2) is 5.19. The van der Waals surface area contributed by atoms with Gasteiger partial charge in [0.15, 0.2) is 0 Å². The summed E-state index contributed by atoms with van der Waals surface area (Å²) in [6.07, 6.45) is 0.820. The van der Waals surface area contributed by atoms with E-state index < -0.39 is 12.0 Å². The summed E-state index contributed by atoms with van der Waals surface area (Å²) < 4.78 is 0. The molecule has 0 spiro atoms. The monoisotopic (exact) mass is 243 g/mol. The fraction of sp³-hybridized carbons (Fsp3) is 0.267. The number of hydrogen-bond donors (Lipinski definition) is 2. The number of hydrogen-bond acceptors (Lipinski definition) is 2. The Kier molecular flexibility index (Phi) is 3.63. The van der Waals surface area contributed by atoms with Crippen LogP contribution in [0.15, 0.2) is 36.4 Å². The molecule has 2 aromatic rings. The molecule has 0 radical (unpaired) electrons. The first kappa shape index (κ1) is 12.6. The van der Waals surface area contributed by atoms with Gasteiger partial charge in [-0.15, -0.1) is 0 Å². The van der Waals surface area contributed by atoms with Gasteiger partial charge in [0.2, 0.25) is 5.91 Å². The van der Waals surface area contributed by atoms with Crippen LogP contribution in [-0.4, -0.2) is 11.0 Å². The molecular formula is C15H17NO2. The average molecular weight is 243 g/mol. The molecule has 0 aliphatic rings.